The lowest BCUT2D eigenvalue weighted by molar-refractivity contribution is 0.264. The number of rotatable bonds is 6. The molecule has 6 nitrogen and oxygen atoms in total. The topological polar surface area (TPSA) is 74.3 Å². The smallest absolute Gasteiger partial charge is 0.280 e. The Morgan fingerprint density at radius 3 is 2.62 bits per heavy atom. The van der Waals surface area contributed by atoms with Crippen molar-refractivity contribution in [1.29, 1.82) is 0 Å². The number of hydrogen-bond acceptors (Lipinski definition) is 5. The van der Waals surface area contributed by atoms with Gasteiger partial charge in [-0.3, -0.25) is 0 Å². The van der Waals surface area contributed by atoms with Crippen LogP contribution in [0.15, 0.2) is 11.6 Å². The fourth-order valence-corrected chi connectivity index (χ4v) is 4.95. The summed E-state index contributed by atoms with van der Waals surface area (Å²) >= 11 is 1.46. The fourth-order valence-electron chi connectivity index (χ4n) is 2.61. The number of nitrogens with one attached hydrogen (secondary N) is 2. The second kappa shape index (κ2) is 6.70. The van der Waals surface area contributed by atoms with Crippen LogP contribution in [-0.2, 0) is 15.7 Å². The normalized spacial score (nSPS) is 19.0. The van der Waals surface area contributed by atoms with Gasteiger partial charge in [0, 0.05) is 24.7 Å². The van der Waals surface area contributed by atoms with Gasteiger partial charge in [-0.25, -0.2) is 4.98 Å². The molecule has 0 saturated carbocycles. The molecule has 0 amide bonds. The van der Waals surface area contributed by atoms with Crippen molar-refractivity contribution in [3.63, 3.8) is 0 Å². The highest BCUT2D eigenvalue weighted by atomic mass is 32.2. The van der Waals surface area contributed by atoms with Crippen molar-refractivity contribution in [3.05, 3.63) is 16.6 Å². The van der Waals surface area contributed by atoms with Crippen LogP contribution in [0.5, 0.6) is 0 Å². The molecule has 21 heavy (non-hydrogen) atoms. The van der Waals surface area contributed by atoms with E-state index in [-0.39, 0.29) is 0 Å². The van der Waals surface area contributed by atoms with E-state index in [1.54, 1.807) is 10.5 Å². The molecule has 120 valence electrons. The van der Waals surface area contributed by atoms with Crippen LogP contribution < -0.4 is 10.0 Å². The predicted molar refractivity (Wildman–Crippen MR) is 85.4 cm³/mol. The number of thiazole rings is 1. The second-order valence-corrected chi connectivity index (χ2v) is 8.53. The van der Waals surface area contributed by atoms with Gasteiger partial charge in [-0.15, -0.1) is 11.3 Å². The third-order valence-corrected chi connectivity index (χ3v) is 6.67. The summed E-state index contributed by atoms with van der Waals surface area (Å²) in [5, 5.41) is 5.79. The van der Waals surface area contributed by atoms with Gasteiger partial charge < -0.3 is 5.32 Å². The van der Waals surface area contributed by atoms with Crippen molar-refractivity contribution in [2.75, 3.05) is 26.7 Å². The Bertz CT molecular complexity index is 535. The maximum absolute atomic E-state index is 12.5. The first-order valence-corrected chi connectivity index (χ1v) is 9.51. The van der Waals surface area contributed by atoms with Gasteiger partial charge in [0.15, 0.2) is 0 Å². The van der Waals surface area contributed by atoms with Crippen molar-refractivity contribution in [3.8, 4) is 0 Å². The fraction of sp³-hybridized carbons (Fsp3) is 0.769. The minimum atomic E-state index is -3.48. The Kier molecular flexibility index (Phi) is 5.37. The Hall–Kier alpha value is -0.540. The highest BCUT2D eigenvalue weighted by Gasteiger charge is 2.34. The van der Waals surface area contributed by atoms with E-state index in [0.29, 0.717) is 19.0 Å². The van der Waals surface area contributed by atoms with E-state index in [0.717, 1.165) is 24.4 Å². The van der Waals surface area contributed by atoms with Gasteiger partial charge >= 0.3 is 0 Å². The molecule has 1 aliphatic rings. The van der Waals surface area contributed by atoms with Gasteiger partial charge in [-0.1, -0.05) is 0 Å². The largest absolute Gasteiger partial charge is 0.319 e. The lowest BCUT2D eigenvalue weighted by Gasteiger charge is -2.34. The van der Waals surface area contributed by atoms with Crippen LogP contribution >= 0.6 is 11.3 Å². The van der Waals surface area contributed by atoms with Crippen molar-refractivity contribution < 1.29 is 8.42 Å². The zero-order valence-corrected chi connectivity index (χ0v) is 14.4. The minimum Gasteiger partial charge on any atom is -0.319 e. The molecule has 1 fully saturated rings. The maximum atomic E-state index is 12.5. The Morgan fingerprint density at radius 1 is 1.43 bits per heavy atom. The highest BCUT2D eigenvalue weighted by Crippen LogP contribution is 2.25. The molecule has 1 aliphatic heterocycles. The van der Waals surface area contributed by atoms with E-state index in [4.69, 9.17) is 0 Å². The Labute approximate surface area is 131 Å². The molecule has 0 radical (unpaired) electrons. The van der Waals surface area contributed by atoms with Gasteiger partial charge in [0.25, 0.3) is 10.2 Å². The molecule has 1 saturated heterocycles. The zero-order valence-electron chi connectivity index (χ0n) is 12.8. The molecule has 0 bridgehead atoms. The van der Waals surface area contributed by atoms with Crippen molar-refractivity contribution in [2.45, 2.75) is 32.2 Å². The first-order valence-electron chi connectivity index (χ1n) is 7.19. The van der Waals surface area contributed by atoms with Crippen molar-refractivity contribution >= 4 is 21.5 Å². The van der Waals surface area contributed by atoms with E-state index < -0.39 is 15.7 Å². The van der Waals surface area contributed by atoms with Crippen LogP contribution in [0.2, 0.25) is 0 Å². The van der Waals surface area contributed by atoms with Crippen LogP contribution in [0.3, 0.4) is 0 Å². The van der Waals surface area contributed by atoms with Crippen LogP contribution in [-0.4, -0.2) is 44.4 Å². The van der Waals surface area contributed by atoms with Crippen LogP contribution in [0, 0.1) is 5.92 Å². The van der Waals surface area contributed by atoms with E-state index >= 15 is 0 Å². The second-order valence-electron chi connectivity index (χ2n) is 5.97. The molecular formula is C13H24N4O2S2. The average molecular weight is 332 g/mol. The van der Waals surface area contributed by atoms with E-state index in [9.17, 15) is 8.42 Å². The molecule has 2 heterocycles. The summed E-state index contributed by atoms with van der Waals surface area (Å²) in [5.74, 6) is 0.563. The number of nitrogens with zero attached hydrogens (tertiary/aromatic N) is 2. The number of hydrogen-bond donors (Lipinski definition) is 2. The molecule has 0 aliphatic carbocycles. The molecule has 2 N–H and O–H groups in total. The molecule has 1 aromatic rings. The summed E-state index contributed by atoms with van der Waals surface area (Å²) in [6.45, 7) is 5.80. The summed E-state index contributed by atoms with van der Waals surface area (Å²) in [6.07, 6.45) is 3.50. The molecule has 0 aromatic carbocycles. The SMILES string of the molecule is CNCC1CCN(S(=O)(=O)NC(C)(C)c2nccs2)CC1. The van der Waals surface area contributed by atoms with Gasteiger partial charge in [0.1, 0.15) is 5.01 Å². The van der Waals surface area contributed by atoms with Crippen molar-refractivity contribution in [1.82, 2.24) is 19.3 Å². The van der Waals surface area contributed by atoms with E-state index in [1.165, 1.54) is 11.3 Å². The molecule has 0 atom stereocenters. The summed E-state index contributed by atoms with van der Waals surface area (Å²) < 4.78 is 29.4. The third-order valence-electron chi connectivity index (χ3n) is 3.76. The first-order chi connectivity index (χ1) is 9.85. The van der Waals surface area contributed by atoms with Crippen LogP contribution in [0.25, 0.3) is 0 Å². The number of piperidine rings is 1. The first kappa shape index (κ1) is 16.8. The molecule has 0 spiro atoms. The molecular weight excluding hydrogens is 308 g/mol. The van der Waals surface area contributed by atoms with Gasteiger partial charge in [0.2, 0.25) is 0 Å². The highest BCUT2D eigenvalue weighted by molar-refractivity contribution is 7.87. The molecule has 0 unspecified atom stereocenters. The van der Waals surface area contributed by atoms with Gasteiger partial charge in [-0.2, -0.15) is 17.4 Å². The van der Waals surface area contributed by atoms with Crippen LogP contribution in [0.4, 0.5) is 0 Å². The zero-order chi connectivity index (χ0) is 15.5. The Balaban J connectivity index is 2.00. The molecule has 1 aromatic heterocycles. The quantitative estimate of drug-likeness (QED) is 0.819. The summed E-state index contributed by atoms with van der Waals surface area (Å²) in [4.78, 5) is 4.22. The van der Waals surface area contributed by atoms with E-state index in [2.05, 4.69) is 15.0 Å². The van der Waals surface area contributed by atoms with E-state index in [1.807, 2.05) is 26.3 Å². The summed E-state index contributed by atoms with van der Waals surface area (Å²) in [5.41, 5.74) is -0.686. The number of aromatic nitrogens is 1. The standard InChI is InChI=1S/C13H24N4O2S2/c1-13(2,12-15-6-9-20-12)16-21(18,19)17-7-4-11(5-8-17)10-14-3/h6,9,11,14,16H,4-5,7-8,10H2,1-3H3. The molecule has 8 heteroatoms. The van der Waals surface area contributed by atoms with Gasteiger partial charge in [-0.05, 0) is 46.2 Å². The summed E-state index contributed by atoms with van der Waals surface area (Å²) in [7, 11) is -1.54. The molecule has 2 rings (SSSR count). The minimum absolute atomic E-state index is 0.563. The van der Waals surface area contributed by atoms with Crippen molar-refractivity contribution in [2.24, 2.45) is 5.92 Å². The predicted octanol–water partition coefficient (Wildman–Crippen LogP) is 1.14. The van der Waals surface area contributed by atoms with Crippen LogP contribution in [0.1, 0.15) is 31.7 Å². The summed E-state index contributed by atoms with van der Waals surface area (Å²) in [6, 6.07) is 0. The average Bonchev–Trinajstić information content (AvgIpc) is 2.93. The Morgan fingerprint density at radius 2 is 2.10 bits per heavy atom. The lowest BCUT2D eigenvalue weighted by Crippen LogP contribution is -2.51. The maximum Gasteiger partial charge on any atom is 0.280 e. The lowest BCUT2D eigenvalue weighted by atomic mass is 9.98. The third kappa shape index (κ3) is 4.23. The van der Waals surface area contributed by atoms with Gasteiger partial charge in [0.05, 0.1) is 5.54 Å². The monoisotopic (exact) mass is 332 g/mol.